The fraction of sp³-hybridized carbons (Fsp3) is 0.433. The monoisotopic (exact) mass is 631 g/mol. The van der Waals surface area contributed by atoms with Crippen molar-refractivity contribution in [1.82, 2.24) is 20.1 Å². The van der Waals surface area contributed by atoms with Crippen LogP contribution in [0.4, 0.5) is 8.78 Å². The second-order valence-corrected chi connectivity index (χ2v) is 11.7. The number of benzene rings is 1. The number of aromatic nitrogens is 3. The number of aliphatic imine (C=N–C) groups is 1. The lowest BCUT2D eigenvalue weighted by Crippen LogP contribution is -2.38. The van der Waals surface area contributed by atoms with Gasteiger partial charge in [-0.05, 0) is 63.0 Å². The first-order valence-electron chi connectivity index (χ1n) is 14.1. The topological polar surface area (TPSA) is 108 Å². The van der Waals surface area contributed by atoms with E-state index in [4.69, 9.17) is 26.1 Å². The van der Waals surface area contributed by atoms with Crippen LogP contribution in [0.5, 0.6) is 0 Å². The van der Waals surface area contributed by atoms with Crippen LogP contribution in [0.3, 0.4) is 0 Å². The van der Waals surface area contributed by atoms with Crippen molar-refractivity contribution in [3.8, 4) is 0 Å². The van der Waals surface area contributed by atoms with E-state index in [0.717, 1.165) is 43.0 Å². The first-order valence-corrected chi connectivity index (χ1v) is 15.4. The molecule has 1 atom stereocenters. The number of aryl methyl sites for hydroxylation is 2. The summed E-state index contributed by atoms with van der Waals surface area (Å²) in [6, 6.07) is 1.32. The summed E-state index contributed by atoms with van der Waals surface area (Å²) in [6.45, 7) is 4.24. The number of nitrogens with one attached hydrogen (secondary N) is 1. The third-order valence-corrected chi connectivity index (χ3v) is 9.06. The number of hydrogen-bond donors (Lipinski definition) is 1. The Morgan fingerprint density at radius 3 is 2.58 bits per heavy atom. The molecule has 0 saturated heterocycles. The highest BCUT2D eigenvalue weighted by Crippen LogP contribution is 2.44. The van der Waals surface area contributed by atoms with Crippen molar-refractivity contribution in [3.63, 3.8) is 0 Å². The summed E-state index contributed by atoms with van der Waals surface area (Å²) >= 11 is 7.68. The average Bonchev–Trinajstić information content (AvgIpc) is 3.68. The van der Waals surface area contributed by atoms with Crippen LogP contribution in [0.1, 0.15) is 72.8 Å². The van der Waals surface area contributed by atoms with Gasteiger partial charge in [-0.25, -0.2) is 18.6 Å². The van der Waals surface area contributed by atoms with Gasteiger partial charge in [0.2, 0.25) is 0 Å². The maximum absolute atomic E-state index is 14.6. The lowest BCUT2D eigenvalue weighted by Gasteiger charge is -2.35. The minimum absolute atomic E-state index is 0.0673. The van der Waals surface area contributed by atoms with E-state index < -0.39 is 28.7 Å². The van der Waals surface area contributed by atoms with Crippen molar-refractivity contribution in [1.29, 1.82) is 0 Å². The molecule has 9 nitrogen and oxygen atoms in total. The Bertz CT molecular complexity index is 1560. The van der Waals surface area contributed by atoms with Gasteiger partial charge >= 0.3 is 11.9 Å². The van der Waals surface area contributed by atoms with Crippen LogP contribution in [0.2, 0.25) is 5.02 Å². The van der Waals surface area contributed by atoms with Gasteiger partial charge in [0.1, 0.15) is 6.04 Å². The summed E-state index contributed by atoms with van der Waals surface area (Å²) in [5.41, 5.74) is 3.08. The molecular formula is C30H32ClF2N5O4S. The van der Waals surface area contributed by atoms with Crippen LogP contribution in [-0.4, -0.2) is 46.3 Å². The maximum Gasteiger partial charge on any atom is 0.338 e. The van der Waals surface area contributed by atoms with Crippen molar-refractivity contribution in [2.45, 2.75) is 64.5 Å². The Morgan fingerprint density at radius 1 is 1.16 bits per heavy atom. The van der Waals surface area contributed by atoms with Gasteiger partial charge < -0.3 is 14.8 Å². The highest BCUT2D eigenvalue weighted by atomic mass is 35.5. The molecule has 2 aliphatic rings. The zero-order valence-electron chi connectivity index (χ0n) is 24.0. The SMILES string of the molecule is CCOC(=O)C1=C([C@H]2CC[C@@H](c3cn(CCC(=O)OC)nc3C)CC2)NC(c2nccs2)=NC1c1ccc(F)c(F)c1Cl. The fourth-order valence-electron chi connectivity index (χ4n) is 5.80. The van der Waals surface area contributed by atoms with E-state index in [2.05, 4.69) is 15.4 Å². The Hall–Kier alpha value is -3.64. The quantitative estimate of drug-likeness (QED) is 0.227. The van der Waals surface area contributed by atoms with E-state index in [1.165, 1.54) is 24.5 Å². The fourth-order valence-corrected chi connectivity index (χ4v) is 6.64. The van der Waals surface area contributed by atoms with Crippen LogP contribution in [0, 0.1) is 24.5 Å². The van der Waals surface area contributed by atoms with Gasteiger partial charge in [-0.2, -0.15) is 5.10 Å². The molecule has 5 rings (SSSR count). The first-order chi connectivity index (χ1) is 20.7. The summed E-state index contributed by atoms with van der Waals surface area (Å²) in [4.78, 5) is 34.2. The number of carbonyl (C=O) groups is 2. The Kier molecular flexibility index (Phi) is 9.55. The van der Waals surface area contributed by atoms with Gasteiger partial charge in [-0.1, -0.05) is 17.7 Å². The molecule has 0 radical (unpaired) electrons. The minimum atomic E-state index is -1.20. The summed E-state index contributed by atoms with van der Waals surface area (Å²) in [6.07, 6.45) is 7.03. The van der Waals surface area contributed by atoms with E-state index in [0.29, 0.717) is 23.1 Å². The van der Waals surface area contributed by atoms with Crippen LogP contribution in [0.15, 0.2) is 46.2 Å². The van der Waals surface area contributed by atoms with Crippen molar-refractivity contribution >= 4 is 40.7 Å². The Labute approximate surface area is 257 Å². The molecule has 1 aromatic carbocycles. The number of hydrogen-bond acceptors (Lipinski definition) is 9. The van der Waals surface area contributed by atoms with Gasteiger partial charge in [0.15, 0.2) is 22.5 Å². The maximum atomic E-state index is 14.6. The molecule has 0 spiro atoms. The summed E-state index contributed by atoms with van der Waals surface area (Å²) < 4.78 is 40.7. The normalized spacial score (nSPS) is 20.4. The lowest BCUT2D eigenvalue weighted by atomic mass is 9.76. The Balaban J connectivity index is 1.47. The summed E-state index contributed by atoms with van der Waals surface area (Å²) in [5, 5.41) is 9.93. The van der Waals surface area contributed by atoms with E-state index in [-0.39, 0.29) is 42.0 Å². The molecule has 1 unspecified atom stereocenters. The molecule has 1 aliphatic heterocycles. The molecule has 0 amide bonds. The van der Waals surface area contributed by atoms with E-state index in [9.17, 15) is 18.4 Å². The van der Waals surface area contributed by atoms with Crippen molar-refractivity contribution in [2.75, 3.05) is 13.7 Å². The third kappa shape index (κ3) is 6.50. The van der Waals surface area contributed by atoms with Gasteiger partial charge in [-0.15, -0.1) is 11.3 Å². The highest BCUT2D eigenvalue weighted by molar-refractivity contribution is 7.11. The average molecular weight is 632 g/mol. The number of nitrogens with zero attached hydrogens (tertiary/aromatic N) is 4. The summed E-state index contributed by atoms with van der Waals surface area (Å²) in [5.74, 6) is -2.56. The van der Waals surface area contributed by atoms with Crippen LogP contribution in [-0.2, 0) is 25.6 Å². The standard InChI is InChI=1S/C30H32ClF2N5O4S/c1-4-42-30(40)23-26(18-7-5-17(6-8-18)20-15-38(37-16(20)2)13-11-22(39)41-3)35-28(29-34-12-14-43-29)36-27(23)19-9-10-21(32)25(33)24(19)31/h9-10,12,14-15,17-18,27H,4-8,11,13H2,1-3H3,(H,35,36)/t17-,18+,27?. The zero-order chi connectivity index (χ0) is 30.7. The van der Waals surface area contributed by atoms with Crippen molar-refractivity contribution in [3.05, 3.63) is 79.7 Å². The van der Waals surface area contributed by atoms with Gasteiger partial charge in [0.05, 0.1) is 43.0 Å². The molecule has 1 saturated carbocycles. The molecule has 2 aromatic heterocycles. The van der Waals surface area contributed by atoms with Gasteiger partial charge in [-0.3, -0.25) is 14.5 Å². The number of methoxy groups -OCH3 is 1. The number of thiazole rings is 1. The molecular weight excluding hydrogens is 600 g/mol. The smallest absolute Gasteiger partial charge is 0.338 e. The number of amidine groups is 1. The third-order valence-electron chi connectivity index (χ3n) is 7.90. The van der Waals surface area contributed by atoms with Gasteiger partial charge in [0, 0.05) is 29.0 Å². The summed E-state index contributed by atoms with van der Waals surface area (Å²) in [7, 11) is 1.37. The molecule has 0 bridgehead atoms. The number of esters is 2. The number of carbonyl (C=O) groups excluding carboxylic acids is 2. The van der Waals surface area contributed by atoms with E-state index in [1.54, 1.807) is 17.8 Å². The second kappa shape index (κ2) is 13.3. The molecule has 13 heteroatoms. The van der Waals surface area contributed by atoms with Crippen molar-refractivity contribution < 1.29 is 27.8 Å². The number of allylic oxidation sites excluding steroid dienone is 1. The number of ether oxygens (including phenoxy) is 2. The predicted octanol–water partition coefficient (Wildman–Crippen LogP) is 6.03. The molecule has 1 aliphatic carbocycles. The molecule has 3 aromatic rings. The lowest BCUT2D eigenvalue weighted by molar-refractivity contribution is -0.141. The minimum Gasteiger partial charge on any atom is -0.469 e. The largest absolute Gasteiger partial charge is 0.469 e. The Morgan fingerprint density at radius 2 is 1.91 bits per heavy atom. The molecule has 3 heterocycles. The molecule has 1 N–H and O–H groups in total. The van der Waals surface area contributed by atoms with Crippen LogP contribution < -0.4 is 5.32 Å². The number of halogens is 3. The second-order valence-electron chi connectivity index (χ2n) is 10.5. The molecule has 43 heavy (non-hydrogen) atoms. The van der Waals surface area contributed by atoms with E-state index in [1.807, 2.05) is 18.5 Å². The zero-order valence-corrected chi connectivity index (χ0v) is 25.6. The number of rotatable bonds is 9. The van der Waals surface area contributed by atoms with Crippen LogP contribution in [0.25, 0.3) is 0 Å². The van der Waals surface area contributed by atoms with Crippen LogP contribution >= 0.6 is 22.9 Å². The first kappa shape index (κ1) is 30.8. The van der Waals surface area contributed by atoms with E-state index >= 15 is 0 Å². The van der Waals surface area contributed by atoms with Gasteiger partial charge in [0.25, 0.3) is 0 Å². The predicted molar refractivity (Wildman–Crippen MR) is 158 cm³/mol. The molecule has 228 valence electrons. The van der Waals surface area contributed by atoms with Crippen molar-refractivity contribution in [2.24, 2.45) is 10.9 Å². The highest BCUT2D eigenvalue weighted by Gasteiger charge is 2.39. The molecule has 1 fully saturated rings.